The molecule has 0 radical (unpaired) electrons. The number of thioether (sulfide) groups is 1. The highest BCUT2D eigenvalue weighted by atomic mass is 35.5. The van der Waals surface area contributed by atoms with E-state index in [0.717, 1.165) is 5.76 Å². The average molecular weight is 222 g/mol. The van der Waals surface area contributed by atoms with Gasteiger partial charge in [-0.2, -0.15) is 11.8 Å². The van der Waals surface area contributed by atoms with Crippen LogP contribution in [0.25, 0.3) is 0 Å². The summed E-state index contributed by atoms with van der Waals surface area (Å²) in [5, 5.41) is 9.54. The largest absolute Gasteiger partial charge is 0.449 e. The highest BCUT2D eigenvalue weighted by Gasteiger charge is 2.03. The minimum atomic E-state index is -0.435. The normalized spacial score (nSPS) is 13.2. The van der Waals surface area contributed by atoms with Crippen LogP contribution in [-0.2, 0) is 5.75 Å². The molecule has 1 aromatic heterocycles. The molecule has 0 amide bonds. The smallest absolute Gasteiger partial charge is 0.193 e. The first-order chi connectivity index (χ1) is 6.22. The Labute approximate surface area is 86.2 Å². The zero-order valence-corrected chi connectivity index (χ0v) is 8.64. The molecule has 0 bridgehead atoms. The molecule has 5 heteroatoms. The van der Waals surface area contributed by atoms with Crippen LogP contribution in [0.15, 0.2) is 16.5 Å². The van der Waals surface area contributed by atoms with Crippen molar-refractivity contribution in [1.29, 1.82) is 0 Å². The fourth-order valence-corrected chi connectivity index (χ4v) is 1.84. The lowest BCUT2D eigenvalue weighted by atomic mass is 10.4. The topological polar surface area (TPSA) is 59.4 Å². The lowest BCUT2D eigenvalue weighted by Gasteiger charge is -2.04. The molecule has 13 heavy (non-hydrogen) atoms. The molecule has 0 unspecified atom stereocenters. The van der Waals surface area contributed by atoms with Gasteiger partial charge in [0.2, 0.25) is 0 Å². The van der Waals surface area contributed by atoms with Crippen molar-refractivity contribution in [1.82, 2.24) is 0 Å². The van der Waals surface area contributed by atoms with E-state index in [2.05, 4.69) is 0 Å². The molecule has 1 atom stereocenters. The number of nitrogens with two attached hydrogens (primary N) is 1. The standard InChI is InChI=1S/C8H12ClNO2S/c9-8-2-1-7(12-8)5-13-4-6(11)3-10/h1-2,6,11H,3-5,10H2/t6-/m1/s1. The zero-order valence-electron chi connectivity index (χ0n) is 7.07. The molecule has 3 N–H and O–H groups in total. The van der Waals surface area contributed by atoms with E-state index < -0.39 is 6.10 Å². The summed E-state index contributed by atoms with van der Waals surface area (Å²) in [5.41, 5.74) is 5.25. The Morgan fingerprint density at radius 1 is 1.62 bits per heavy atom. The van der Waals surface area contributed by atoms with Crippen molar-refractivity contribution in [2.75, 3.05) is 12.3 Å². The highest BCUT2D eigenvalue weighted by molar-refractivity contribution is 7.98. The minimum absolute atomic E-state index is 0.298. The number of hydrogen-bond donors (Lipinski definition) is 2. The van der Waals surface area contributed by atoms with Gasteiger partial charge in [-0.25, -0.2) is 0 Å². The molecule has 0 spiro atoms. The van der Waals surface area contributed by atoms with E-state index in [0.29, 0.717) is 23.3 Å². The summed E-state index contributed by atoms with van der Waals surface area (Å²) >= 11 is 7.15. The van der Waals surface area contributed by atoms with Crippen LogP contribution in [-0.4, -0.2) is 23.5 Å². The number of furan rings is 1. The second-order valence-electron chi connectivity index (χ2n) is 2.61. The minimum Gasteiger partial charge on any atom is -0.449 e. The third kappa shape index (κ3) is 4.04. The molecule has 0 saturated carbocycles. The van der Waals surface area contributed by atoms with Crippen molar-refractivity contribution in [3.8, 4) is 0 Å². The van der Waals surface area contributed by atoms with Gasteiger partial charge in [-0.15, -0.1) is 0 Å². The maximum atomic E-state index is 9.14. The van der Waals surface area contributed by atoms with E-state index in [1.807, 2.05) is 6.07 Å². The first-order valence-corrected chi connectivity index (χ1v) is 5.45. The quantitative estimate of drug-likeness (QED) is 0.791. The van der Waals surface area contributed by atoms with Gasteiger partial charge in [0.1, 0.15) is 5.76 Å². The van der Waals surface area contributed by atoms with E-state index in [-0.39, 0.29) is 0 Å². The zero-order chi connectivity index (χ0) is 9.68. The van der Waals surface area contributed by atoms with E-state index in [9.17, 15) is 0 Å². The summed E-state index contributed by atoms with van der Waals surface area (Å²) in [6, 6.07) is 3.53. The molecule has 0 aliphatic heterocycles. The predicted molar refractivity (Wildman–Crippen MR) is 54.9 cm³/mol. The number of rotatable bonds is 5. The average Bonchev–Trinajstić information content (AvgIpc) is 2.51. The molecular weight excluding hydrogens is 210 g/mol. The second kappa shape index (κ2) is 5.54. The molecule has 1 heterocycles. The third-order valence-corrected chi connectivity index (χ3v) is 2.77. The van der Waals surface area contributed by atoms with Gasteiger partial charge in [-0.05, 0) is 23.7 Å². The van der Waals surface area contributed by atoms with E-state index in [1.165, 1.54) is 0 Å². The van der Waals surface area contributed by atoms with E-state index in [4.69, 9.17) is 26.9 Å². The van der Waals surface area contributed by atoms with Gasteiger partial charge in [-0.1, -0.05) is 0 Å². The summed E-state index contributed by atoms with van der Waals surface area (Å²) in [4.78, 5) is 0. The van der Waals surface area contributed by atoms with Crippen molar-refractivity contribution in [2.45, 2.75) is 11.9 Å². The Hall–Kier alpha value is -0.160. The molecule has 0 aromatic carbocycles. The van der Waals surface area contributed by atoms with Crippen molar-refractivity contribution in [3.63, 3.8) is 0 Å². The van der Waals surface area contributed by atoms with Crippen molar-refractivity contribution >= 4 is 23.4 Å². The van der Waals surface area contributed by atoms with Gasteiger partial charge in [0.25, 0.3) is 0 Å². The van der Waals surface area contributed by atoms with Crippen LogP contribution < -0.4 is 5.73 Å². The second-order valence-corrected chi connectivity index (χ2v) is 4.01. The number of aliphatic hydroxyl groups is 1. The summed E-state index contributed by atoms with van der Waals surface area (Å²) in [6.07, 6.45) is -0.435. The van der Waals surface area contributed by atoms with E-state index in [1.54, 1.807) is 17.8 Å². The summed E-state index contributed by atoms with van der Waals surface area (Å²) in [5.74, 6) is 2.15. The van der Waals surface area contributed by atoms with Crippen LogP contribution in [0.1, 0.15) is 5.76 Å². The lowest BCUT2D eigenvalue weighted by molar-refractivity contribution is 0.208. The van der Waals surface area contributed by atoms with Gasteiger partial charge < -0.3 is 15.3 Å². The first kappa shape index (κ1) is 10.9. The Morgan fingerprint density at radius 3 is 2.92 bits per heavy atom. The van der Waals surface area contributed by atoms with Crippen LogP contribution in [0, 0.1) is 0 Å². The van der Waals surface area contributed by atoms with Gasteiger partial charge in [0.15, 0.2) is 5.22 Å². The fraction of sp³-hybridized carbons (Fsp3) is 0.500. The molecule has 0 fully saturated rings. The van der Waals surface area contributed by atoms with Crippen molar-refractivity contribution in [2.24, 2.45) is 5.73 Å². The molecular formula is C8H12ClNO2S. The lowest BCUT2D eigenvalue weighted by Crippen LogP contribution is -2.21. The Morgan fingerprint density at radius 2 is 2.38 bits per heavy atom. The molecule has 3 nitrogen and oxygen atoms in total. The third-order valence-electron chi connectivity index (χ3n) is 1.46. The van der Waals surface area contributed by atoms with Crippen LogP contribution >= 0.6 is 23.4 Å². The summed E-state index contributed by atoms with van der Waals surface area (Å²) in [7, 11) is 0. The van der Waals surface area contributed by atoms with Gasteiger partial charge in [0, 0.05) is 12.3 Å². The Balaban J connectivity index is 2.20. The molecule has 0 aliphatic carbocycles. The van der Waals surface area contributed by atoms with Gasteiger partial charge >= 0.3 is 0 Å². The molecule has 74 valence electrons. The number of aliphatic hydroxyl groups excluding tert-OH is 1. The first-order valence-electron chi connectivity index (χ1n) is 3.92. The van der Waals surface area contributed by atoms with Crippen molar-refractivity contribution < 1.29 is 9.52 Å². The highest BCUT2D eigenvalue weighted by Crippen LogP contribution is 2.18. The van der Waals surface area contributed by atoms with Crippen LogP contribution in [0.5, 0.6) is 0 Å². The monoisotopic (exact) mass is 221 g/mol. The van der Waals surface area contributed by atoms with Crippen LogP contribution in [0.4, 0.5) is 0 Å². The van der Waals surface area contributed by atoms with Gasteiger partial charge in [0.05, 0.1) is 11.9 Å². The van der Waals surface area contributed by atoms with Gasteiger partial charge in [-0.3, -0.25) is 0 Å². The molecule has 0 aliphatic rings. The Bertz CT molecular complexity index is 254. The fourth-order valence-electron chi connectivity index (χ4n) is 0.793. The Kier molecular flexibility index (Phi) is 4.66. The predicted octanol–water partition coefficient (Wildman–Crippen LogP) is 1.49. The summed E-state index contributed by atoms with van der Waals surface area (Å²) in [6.45, 7) is 0.298. The maximum Gasteiger partial charge on any atom is 0.193 e. The molecule has 1 rings (SSSR count). The van der Waals surface area contributed by atoms with E-state index >= 15 is 0 Å². The molecule has 1 aromatic rings. The van der Waals surface area contributed by atoms with Crippen LogP contribution in [0.2, 0.25) is 5.22 Å². The molecule has 0 saturated heterocycles. The number of halogens is 1. The maximum absolute atomic E-state index is 9.14. The SMILES string of the molecule is NC[C@@H](O)CSCc1ccc(Cl)o1. The number of hydrogen-bond acceptors (Lipinski definition) is 4. The summed E-state index contributed by atoms with van der Waals surface area (Å²) < 4.78 is 5.13. The van der Waals surface area contributed by atoms with Crippen LogP contribution in [0.3, 0.4) is 0 Å². The van der Waals surface area contributed by atoms with Crippen molar-refractivity contribution in [3.05, 3.63) is 23.1 Å².